The molecule has 1 N–H and O–H groups in total. The second-order valence-electron chi connectivity index (χ2n) is 6.82. The van der Waals surface area contributed by atoms with E-state index in [1.54, 1.807) is 0 Å². The summed E-state index contributed by atoms with van der Waals surface area (Å²) >= 11 is 0. The van der Waals surface area contributed by atoms with Gasteiger partial charge in [0.15, 0.2) is 0 Å². The van der Waals surface area contributed by atoms with Gasteiger partial charge in [0.05, 0.1) is 11.7 Å². The molecule has 0 radical (unpaired) electrons. The van der Waals surface area contributed by atoms with E-state index in [9.17, 15) is 4.79 Å². The van der Waals surface area contributed by atoms with Crippen LogP contribution in [0.15, 0.2) is 0 Å². The van der Waals surface area contributed by atoms with Gasteiger partial charge in [0, 0.05) is 12.6 Å². The third-order valence-corrected chi connectivity index (χ3v) is 4.41. The molecule has 0 aromatic heterocycles. The van der Waals surface area contributed by atoms with Gasteiger partial charge in [0.25, 0.3) is 0 Å². The van der Waals surface area contributed by atoms with Crippen LogP contribution in [0.2, 0.25) is 0 Å². The smallest absolute Gasteiger partial charge is 0.244 e. The minimum absolute atomic E-state index is 0.181. The van der Waals surface area contributed by atoms with Gasteiger partial charge in [-0.25, -0.2) is 0 Å². The SMILES string of the molecule is CCCC1NC2(CC2)C(=O)N1C(CN(C)C)C(C)C. The summed E-state index contributed by atoms with van der Waals surface area (Å²) in [5.41, 5.74) is -0.181. The largest absolute Gasteiger partial charge is 0.321 e. The normalized spacial score (nSPS) is 26.8. The maximum atomic E-state index is 12.7. The van der Waals surface area contributed by atoms with E-state index in [0.717, 1.165) is 32.2 Å². The number of nitrogens with one attached hydrogen (secondary N) is 1. The number of hydrogen-bond donors (Lipinski definition) is 1. The number of nitrogens with zero attached hydrogens (tertiary/aromatic N) is 2. The van der Waals surface area contributed by atoms with Gasteiger partial charge in [-0.3, -0.25) is 10.1 Å². The number of amides is 1. The summed E-state index contributed by atoms with van der Waals surface area (Å²) in [4.78, 5) is 17.1. The lowest BCUT2D eigenvalue weighted by molar-refractivity contribution is -0.134. The molecule has 2 unspecified atom stereocenters. The van der Waals surface area contributed by atoms with Crippen molar-refractivity contribution in [2.75, 3.05) is 20.6 Å². The van der Waals surface area contributed by atoms with Gasteiger partial charge in [0.1, 0.15) is 0 Å². The van der Waals surface area contributed by atoms with Crippen LogP contribution in [0.25, 0.3) is 0 Å². The molecule has 4 heteroatoms. The van der Waals surface area contributed by atoms with Gasteiger partial charge in [-0.15, -0.1) is 0 Å². The Morgan fingerprint density at radius 3 is 2.47 bits per heavy atom. The molecule has 1 saturated carbocycles. The first-order valence-corrected chi connectivity index (χ1v) is 7.66. The zero-order valence-corrected chi connectivity index (χ0v) is 13.1. The minimum Gasteiger partial charge on any atom is -0.321 e. The molecule has 2 fully saturated rings. The fourth-order valence-corrected chi connectivity index (χ4v) is 3.18. The topological polar surface area (TPSA) is 35.6 Å². The lowest BCUT2D eigenvalue weighted by atomic mass is 10.0. The Bertz CT molecular complexity index is 336. The zero-order valence-electron chi connectivity index (χ0n) is 13.1. The highest BCUT2D eigenvalue weighted by molar-refractivity contribution is 5.92. The molecule has 1 amide bonds. The van der Waals surface area contributed by atoms with Gasteiger partial charge >= 0.3 is 0 Å². The molecule has 4 nitrogen and oxygen atoms in total. The second kappa shape index (κ2) is 5.41. The highest BCUT2D eigenvalue weighted by Gasteiger charge is 2.60. The molecule has 2 rings (SSSR count). The highest BCUT2D eigenvalue weighted by Crippen LogP contribution is 2.44. The summed E-state index contributed by atoms with van der Waals surface area (Å²) in [6.45, 7) is 7.59. The fraction of sp³-hybridized carbons (Fsp3) is 0.933. The number of hydrogen-bond acceptors (Lipinski definition) is 3. The summed E-state index contributed by atoms with van der Waals surface area (Å²) in [7, 11) is 4.18. The monoisotopic (exact) mass is 267 g/mol. The maximum absolute atomic E-state index is 12.7. The molecule has 0 aromatic rings. The van der Waals surface area contributed by atoms with Crippen LogP contribution in [0.5, 0.6) is 0 Å². The van der Waals surface area contributed by atoms with Crippen LogP contribution in [0.4, 0.5) is 0 Å². The molecule has 1 aliphatic heterocycles. The van der Waals surface area contributed by atoms with Crippen molar-refractivity contribution in [1.82, 2.24) is 15.1 Å². The van der Waals surface area contributed by atoms with Gasteiger partial charge in [-0.2, -0.15) is 0 Å². The lowest BCUT2D eigenvalue weighted by Crippen LogP contribution is -2.51. The van der Waals surface area contributed by atoms with Crippen molar-refractivity contribution in [3.8, 4) is 0 Å². The van der Waals surface area contributed by atoms with Crippen molar-refractivity contribution in [3.63, 3.8) is 0 Å². The van der Waals surface area contributed by atoms with Gasteiger partial charge in [-0.1, -0.05) is 27.2 Å². The Kier molecular flexibility index (Phi) is 4.21. The Hall–Kier alpha value is -0.610. The fourth-order valence-electron chi connectivity index (χ4n) is 3.18. The van der Waals surface area contributed by atoms with Crippen LogP contribution in [0, 0.1) is 5.92 Å². The second-order valence-corrected chi connectivity index (χ2v) is 6.82. The molecule has 1 saturated heterocycles. The van der Waals surface area contributed by atoms with Crippen LogP contribution in [-0.4, -0.2) is 54.1 Å². The molecule has 1 heterocycles. The van der Waals surface area contributed by atoms with Crippen LogP contribution in [0.1, 0.15) is 46.5 Å². The van der Waals surface area contributed by atoms with Crippen LogP contribution in [0.3, 0.4) is 0 Å². The number of carbonyl (C=O) groups is 1. The molecule has 19 heavy (non-hydrogen) atoms. The van der Waals surface area contributed by atoms with Crippen LogP contribution >= 0.6 is 0 Å². The number of likely N-dealkylation sites (N-methyl/N-ethyl adjacent to an activating group) is 1. The van der Waals surface area contributed by atoms with Crippen molar-refractivity contribution in [2.45, 2.75) is 64.2 Å². The third-order valence-electron chi connectivity index (χ3n) is 4.41. The predicted octanol–water partition coefficient (Wildman–Crippen LogP) is 1.66. The van der Waals surface area contributed by atoms with E-state index in [1.165, 1.54) is 0 Å². The third kappa shape index (κ3) is 2.79. The quantitative estimate of drug-likeness (QED) is 0.795. The van der Waals surface area contributed by atoms with Crippen molar-refractivity contribution in [2.24, 2.45) is 5.92 Å². The van der Waals surface area contributed by atoms with E-state index < -0.39 is 0 Å². The lowest BCUT2D eigenvalue weighted by Gasteiger charge is -2.37. The molecule has 110 valence electrons. The highest BCUT2D eigenvalue weighted by atomic mass is 16.2. The van der Waals surface area contributed by atoms with Crippen LogP contribution in [-0.2, 0) is 4.79 Å². The van der Waals surface area contributed by atoms with Crippen molar-refractivity contribution >= 4 is 5.91 Å². The maximum Gasteiger partial charge on any atom is 0.244 e. The Morgan fingerprint density at radius 1 is 1.42 bits per heavy atom. The Morgan fingerprint density at radius 2 is 2.05 bits per heavy atom. The summed E-state index contributed by atoms with van der Waals surface area (Å²) in [6.07, 6.45) is 4.46. The van der Waals surface area contributed by atoms with E-state index in [-0.39, 0.29) is 11.7 Å². The van der Waals surface area contributed by atoms with E-state index in [1.807, 2.05) is 0 Å². The summed E-state index contributed by atoms with van der Waals surface area (Å²) in [6, 6.07) is 0.312. The van der Waals surface area contributed by atoms with Crippen molar-refractivity contribution < 1.29 is 4.79 Å². The predicted molar refractivity (Wildman–Crippen MR) is 77.8 cm³/mol. The summed E-state index contributed by atoms with van der Waals surface area (Å²) in [5.74, 6) is 0.841. The summed E-state index contributed by atoms with van der Waals surface area (Å²) < 4.78 is 0. The first-order chi connectivity index (χ1) is 8.91. The molecule has 2 aliphatic rings. The van der Waals surface area contributed by atoms with E-state index >= 15 is 0 Å². The molecule has 0 aromatic carbocycles. The molecular formula is C15H29N3O. The van der Waals surface area contributed by atoms with E-state index in [4.69, 9.17) is 0 Å². The molecular weight excluding hydrogens is 238 g/mol. The molecule has 1 aliphatic carbocycles. The van der Waals surface area contributed by atoms with Gasteiger partial charge in [-0.05, 0) is 39.3 Å². The van der Waals surface area contributed by atoms with Crippen molar-refractivity contribution in [1.29, 1.82) is 0 Å². The first kappa shape index (κ1) is 14.8. The van der Waals surface area contributed by atoms with Gasteiger partial charge < -0.3 is 9.80 Å². The van der Waals surface area contributed by atoms with E-state index in [2.05, 4.69) is 50.0 Å². The molecule has 1 spiro atoms. The minimum atomic E-state index is -0.181. The van der Waals surface area contributed by atoms with Crippen molar-refractivity contribution in [3.05, 3.63) is 0 Å². The summed E-state index contributed by atoms with van der Waals surface area (Å²) in [5, 5.41) is 3.61. The molecule has 2 atom stereocenters. The average Bonchev–Trinajstić information content (AvgIpc) is 3.03. The van der Waals surface area contributed by atoms with Gasteiger partial charge in [0.2, 0.25) is 5.91 Å². The van der Waals surface area contributed by atoms with E-state index in [0.29, 0.717) is 17.9 Å². The Balaban J connectivity index is 2.19. The zero-order chi connectivity index (χ0) is 14.2. The number of carbonyl (C=O) groups excluding carboxylic acids is 1. The first-order valence-electron chi connectivity index (χ1n) is 7.66. The standard InChI is InChI=1S/C15H29N3O/c1-6-7-13-16-15(8-9-15)14(19)18(13)12(11(2)3)10-17(4)5/h11-13,16H,6-10H2,1-5H3. The van der Waals surface area contributed by atoms with Crippen LogP contribution < -0.4 is 5.32 Å². The average molecular weight is 267 g/mol. The number of rotatable bonds is 6. The molecule has 0 bridgehead atoms. The Labute approximate surface area is 117 Å².